The van der Waals surface area contributed by atoms with Gasteiger partial charge in [0.15, 0.2) is 5.78 Å². The highest BCUT2D eigenvalue weighted by Gasteiger charge is 2.58. The number of benzene rings is 2. The fraction of sp³-hybridized carbons (Fsp3) is 0.207. The Morgan fingerprint density at radius 3 is 2.41 bits per heavy atom. The first-order valence-electron chi connectivity index (χ1n) is 12.1. The quantitative estimate of drug-likeness (QED) is 0.227. The molecular formula is C29H25ClN2O5S2. The molecule has 200 valence electrons. The lowest BCUT2D eigenvalue weighted by Crippen LogP contribution is -2.45. The number of para-hydroxylation sites is 1. The van der Waals surface area contributed by atoms with Crippen LogP contribution in [0.2, 0.25) is 4.34 Å². The van der Waals surface area contributed by atoms with E-state index in [0.29, 0.717) is 26.2 Å². The van der Waals surface area contributed by atoms with E-state index in [1.165, 1.54) is 23.3 Å². The summed E-state index contributed by atoms with van der Waals surface area (Å²) in [7, 11) is 1.52. The van der Waals surface area contributed by atoms with Gasteiger partial charge in [0.1, 0.15) is 11.8 Å². The number of ketones is 1. The summed E-state index contributed by atoms with van der Waals surface area (Å²) in [5.41, 5.74) is 1.99. The number of amides is 2. The predicted molar refractivity (Wildman–Crippen MR) is 153 cm³/mol. The molecule has 2 aromatic carbocycles. The van der Waals surface area contributed by atoms with Gasteiger partial charge in [-0.15, -0.1) is 22.7 Å². The third kappa shape index (κ3) is 5.17. The summed E-state index contributed by atoms with van der Waals surface area (Å²) in [5, 5.41) is 15.4. The van der Waals surface area contributed by atoms with Crippen molar-refractivity contribution in [2.45, 2.75) is 24.9 Å². The number of aryl methyl sites for hydroxylation is 1. The van der Waals surface area contributed by atoms with Crippen LogP contribution in [-0.4, -0.2) is 40.9 Å². The van der Waals surface area contributed by atoms with Crippen LogP contribution >= 0.6 is 34.3 Å². The van der Waals surface area contributed by atoms with Crippen LogP contribution in [0.3, 0.4) is 0 Å². The molecule has 7 nitrogen and oxygen atoms in total. The van der Waals surface area contributed by atoms with Crippen LogP contribution in [0.15, 0.2) is 78.2 Å². The number of nitrogens with zero attached hydrogens (tertiary/aromatic N) is 1. The number of thiophene rings is 2. The molecule has 0 aliphatic carbocycles. The molecule has 0 spiro atoms. The third-order valence-corrected chi connectivity index (χ3v) is 9.28. The largest absolute Gasteiger partial charge is 0.497 e. The van der Waals surface area contributed by atoms with Gasteiger partial charge in [0, 0.05) is 16.5 Å². The Balaban J connectivity index is 1.73. The second-order valence-corrected chi connectivity index (χ2v) is 11.9. The number of hydrogen-bond acceptors (Lipinski definition) is 6. The van der Waals surface area contributed by atoms with Crippen molar-refractivity contribution in [1.82, 2.24) is 4.90 Å². The van der Waals surface area contributed by atoms with Crippen LogP contribution < -0.4 is 10.1 Å². The summed E-state index contributed by atoms with van der Waals surface area (Å²) in [5.74, 6) is -2.70. The minimum Gasteiger partial charge on any atom is -0.497 e. The molecule has 1 aliphatic heterocycles. The van der Waals surface area contributed by atoms with Gasteiger partial charge < -0.3 is 20.1 Å². The predicted octanol–water partition coefficient (Wildman–Crippen LogP) is 7.10. The van der Waals surface area contributed by atoms with Crippen molar-refractivity contribution in [2.24, 2.45) is 5.92 Å². The number of halogens is 1. The normalized spacial score (nSPS) is 20.5. The summed E-state index contributed by atoms with van der Waals surface area (Å²) < 4.78 is 5.88. The SMILES string of the molecule is COc1cccc(C2C(C(=O)c3ccc(Cl)s3)C(c3sccc3C)N(C(=O)Nc3ccccc3)C2C(=O)O)c1. The summed E-state index contributed by atoms with van der Waals surface area (Å²) in [6, 6.07) is 18.3. The zero-order chi connectivity index (χ0) is 27.7. The summed E-state index contributed by atoms with van der Waals surface area (Å²) in [6.45, 7) is 1.90. The van der Waals surface area contributed by atoms with Gasteiger partial charge in [0.25, 0.3) is 0 Å². The minimum absolute atomic E-state index is 0.265. The van der Waals surface area contributed by atoms with Crippen molar-refractivity contribution in [3.8, 4) is 5.75 Å². The smallest absolute Gasteiger partial charge is 0.327 e. The van der Waals surface area contributed by atoms with Gasteiger partial charge in [-0.1, -0.05) is 41.9 Å². The van der Waals surface area contributed by atoms with E-state index >= 15 is 0 Å². The van der Waals surface area contributed by atoms with Gasteiger partial charge in [0.05, 0.1) is 28.3 Å². The van der Waals surface area contributed by atoms with Gasteiger partial charge in [0.2, 0.25) is 0 Å². The number of nitrogens with one attached hydrogen (secondary N) is 1. The second kappa shape index (κ2) is 11.2. The molecule has 2 amide bonds. The van der Waals surface area contributed by atoms with E-state index in [1.54, 1.807) is 60.7 Å². The van der Waals surface area contributed by atoms with Crippen molar-refractivity contribution in [2.75, 3.05) is 12.4 Å². The lowest BCUT2D eigenvalue weighted by Gasteiger charge is -2.30. The van der Waals surface area contributed by atoms with Crippen molar-refractivity contribution in [3.63, 3.8) is 0 Å². The van der Waals surface area contributed by atoms with Crippen molar-refractivity contribution < 1.29 is 24.2 Å². The van der Waals surface area contributed by atoms with Crippen LogP contribution in [0.4, 0.5) is 10.5 Å². The molecule has 1 saturated heterocycles. The maximum absolute atomic E-state index is 14.3. The Labute approximate surface area is 238 Å². The van der Waals surface area contributed by atoms with Crippen LogP contribution in [0.1, 0.15) is 37.6 Å². The van der Waals surface area contributed by atoms with Crippen LogP contribution in [0.5, 0.6) is 5.75 Å². The average Bonchev–Trinajstić information content (AvgIpc) is 3.65. The third-order valence-electron chi connectivity index (χ3n) is 6.95. The number of carboxylic acids is 1. The topological polar surface area (TPSA) is 95.9 Å². The summed E-state index contributed by atoms with van der Waals surface area (Å²) >= 11 is 8.74. The van der Waals surface area contributed by atoms with E-state index in [1.807, 2.05) is 24.4 Å². The molecule has 4 unspecified atom stereocenters. The Morgan fingerprint density at radius 1 is 1.03 bits per heavy atom. The number of carbonyl (C=O) groups excluding carboxylic acids is 2. The number of ether oxygens (including phenoxy) is 1. The standard InChI is InChI=1S/C29H25ClN2O5S2/c1-16-13-14-38-27(16)24-23(26(33)20-11-12-21(30)39-20)22(17-7-6-10-19(15-17)37-2)25(28(34)35)32(24)29(36)31-18-8-4-3-5-9-18/h3-15,22-25H,1-2H3,(H,31,36)(H,34,35). The first kappa shape index (κ1) is 26.9. The number of anilines is 1. The molecule has 3 heterocycles. The molecule has 39 heavy (non-hydrogen) atoms. The van der Waals surface area contributed by atoms with E-state index in [2.05, 4.69) is 5.32 Å². The second-order valence-electron chi connectivity index (χ2n) is 9.20. The Morgan fingerprint density at radius 2 is 1.79 bits per heavy atom. The fourth-order valence-electron chi connectivity index (χ4n) is 5.28. The van der Waals surface area contributed by atoms with Crippen LogP contribution in [0, 0.1) is 12.8 Å². The van der Waals surface area contributed by atoms with E-state index in [-0.39, 0.29) is 5.78 Å². The van der Waals surface area contributed by atoms with Gasteiger partial charge in [-0.2, -0.15) is 0 Å². The number of rotatable bonds is 7. The maximum atomic E-state index is 14.3. The fourth-order valence-corrected chi connectivity index (χ4v) is 7.38. The Hall–Kier alpha value is -3.66. The molecule has 1 aliphatic rings. The molecule has 4 atom stereocenters. The van der Waals surface area contributed by atoms with Gasteiger partial charge >= 0.3 is 12.0 Å². The molecule has 0 saturated carbocycles. The lowest BCUT2D eigenvalue weighted by molar-refractivity contribution is -0.142. The number of likely N-dealkylation sites (tertiary alicyclic amines) is 1. The number of methoxy groups -OCH3 is 1. The molecule has 5 rings (SSSR count). The van der Waals surface area contributed by atoms with E-state index < -0.39 is 35.9 Å². The zero-order valence-corrected chi connectivity index (χ0v) is 23.4. The van der Waals surface area contributed by atoms with Gasteiger partial charge in [-0.05, 0) is 65.9 Å². The van der Waals surface area contributed by atoms with Crippen molar-refractivity contribution in [1.29, 1.82) is 0 Å². The van der Waals surface area contributed by atoms with Crippen molar-refractivity contribution >= 4 is 57.7 Å². The monoisotopic (exact) mass is 580 g/mol. The zero-order valence-electron chi connectivity index (χ0n) is 21.0. The number of hydrogen-bond donors (Lipinski definition) is 2. The molecule has 0 radical (unpaired) electrons. The molecule has 0 bridgehead atoms. The summed E-state index contributed by atoms with van der Waals surface area (Å²) in [4.78, 5) is 43.8. The summed E-state index contributed by atoms with van der Waals surface area (Å²) in [6.07, 6.45) is 0. The van der Waals surface area contributed by atoms with Crippen LogP contribution in [-0.2, 0) is 4.79 Å². The number of urea groups is 1. The molecule has 4 aromatic rings. The highest BCUT2D eigenvalue weighted by Crippen LogP contribution is 2.53. The first-order chi connectivity index (χ1) is 18.8. The lowest BCUT2D eigenvalue weighted by atomic mass is 9.78. The number of aliphatic carboxylic acids is 1. The number of carboxylic acid groups (broad SMARTS) is 1. The van der Waals surface area contributed by atoms with Crippen molar-refractivity contribution in [3.05, 3.63) is 103 Å². The minimum atomic E-state index is -1.34. The Bertz CT molecular complexity index is 1520. The highest BCUT2D eigenvalue weighted by molar-refractivity contribution is 7.18. The average molecular weight is 581 g/mol. The van der Waals surface area contributed by atoms with Gasteiger partial charge in [-0.25, -0.2) is 9.59 Å². The number of carbonyl (C=O) groups is 3. The van der Waals surface area contributed by atoms with Crippen LogP contribution in [0.25, 0.3) is 0 Å². The Kier molecular flexibility index (Phi) is 7.74. The first-order valence-corrected chi connectivity index (χ1v) is 14.2. The maximum Gasteiger partial charge on any atom is 0.327 e. The molecular weight excluding hydrogens is 556 g/mol. The van der Waals surface area contributed by atoms with E-state index in [0.717, 1.165) is 21.8 Å². The molecule has 1 fully saturated rings. The van der Waals surface area contributed by atoms with E-state index in [9.17, 15) is 19.5 Å². The number of Topliss-reactive ketones (excluding diaryl/α,β-unsaturated/α-hetero) is 1. The molecule has 2 aromatic heterocycles. The van der Waals surface area contributed by atoms with Gasteiger partial charge in [-0.3, -0.25) is 4.79 Å². The molecule has 2 N–H and O–H groups in total. The van der Waals surface area contributed by atoms with E-state index in [4.69, 9.17) is 16.3 Å². The molecule has 10 heteroatoms. The highest BCUT2D eigenvalue weighted by atomic mass is 35.5.